The Bertz CT molecular complexity index is 351. The van der Waals surface area contributed by atoms with Gasteiger partial charge in [0, 0.05) is 19.1 Å². The maximum absolute atomic E-state index is 9.37. The third kappa shape index (κ3) is 1.82. The van der Waals surface area contributed by atoms with Crippen LogP contribution in [0.2, 0.25) is 0 Å². The molecule has 0 amide bonds. The molecule has 0 saturated carbocycles. The van der Waals surface area contributed by atoms with E-state index in [1.165, 1.54) is 0 Å². The lowest BCUT2D eigenvalue weighted by Crippen LogP contribution is -2.40. The van der Waals surface area contributed by atoms with Crippen molar-refractivity contribution in [1.29, 1.82) is 0 Å². The van der Waals surface area contributed by atoms with E-state index in [-0.39, 0.29) is 18.7 Å². The standard InChI is InChI=1S/C10H19N5O/c1-7(2)15-8(6-16)4-5-9(15)10-11-12-13-14(10)3/h7-9,16H,4-6H2,1-3H3/t8-,9-/m0/s1. The van der Waals surface area contributed by atoms with Crippen LogP contribution in [0.1, 0.15) is 38.6 Å². The fourth-order valence-corrected chi connectivity index (χ4v) is 2.65. The average molecular weight is 225 g/mol. The van der Waals surface area contributed by atoms with Crippen LogP contribution in [0.4, 0.5) is 0 Å². The molecule has 16 heavy (non-hydrogen) atoms. The Morgan fingerprint density at radius 3 is 2.69 bits per heavy atom. The number of aliphatic hydroxyl groups excluding tert-OH is 1. The molecule has 1 fully saturated rings. The van der Waals surface area contributed by atoms with Gasteiger partial charge in [-0.25, -0.2) is 4.68 Å². The topological polar surface area (TPSA) is 67.1 Å². The van der Waals surface area contributed by atoms with Gasteiger partial charge in [0.1, 0.15) is 0 Å². The first kappa shape index (κ1) is 11.5. The Hall–Kier alpha value is -1.01. The van der Waals surface area contributed by atoms with E-state index in [0.717, 1.165) is 18.7 Å². The summed E-state index contributed by atoms with van der Waals surface area (Å²) in [6.07, 6.45) is 2.02. The second kappa shape index (κ2) is 4.47. The van der Waals surface area contributed by atoms with E-state index >= 15 is 0 Å². The third-order valence-corrected chi connectivity index (χ3v) is 3.31. The first-order chi connectivity index (χ1) is 7.65. The van der Waals surface area contributed by atoms with Gasteiger partial charge in [-0.05, 0) is 37.1 Å². The number of hydrogen-bond donors (Lipinski definition) is 1. The zero-order chi connectivity index (χ0) is 11.7. The maximum atomic E-state index is 9.37. The van der Waals surface area contributed by atoms with Crippen molar-refractivity contribution in [2.75, 3.05) is 6.61 Å². The van der Waals surface area contributed by atoms with E-state index in [4.69, 9.17) is 0 Å². The summed E-state index contributed by atoms with van der Waals surface area (Å²) in [5, 5.41) is 21.0. The highest BCUT2D eigenvalue weighted by molar-refractivity contribution is 5.00. The highest BCUT2D eigenvalue weighted by atomic mass is 16.3. The molecule has 0 bridgehead atoms. The van der Waals surface area contributed by atoms with Gasteiger partial charge in [0.2, 0.25) is 0 Å². The minimum atomic E-state index is 0.208. The molecule has 1 N–H and O–H groups in total. The van der Waals surface area contributed by atoms with E-state index in [0.29, 0.717) is 6.04 Å². The van der Waals surface area contributed by atoms with Crippen molar-refractivity contribution in [3.8, 4) is 0 Å². The molecular weight excluding hydrogens is 206 g/mol. The van der Waals surface area contributed by atoms with Gasteiger partial charge in [0.05, 0.1) is 12.6 Å². The van der Waals surface area contributed by atoms with Gasteiger partial charge in [0.25, 0.3) is 0 Å². The van der Waals surface area contributed by atoms with Crippen LogP contribution < -0.4 is 0 Å². The highest BCUT2D eigenvalue weighted by Gasteiger charge is 2.37. The molecule has 2 atom stereocenters. The van der Waals surface area contributed by atoms with Crippen LogP contribution in [-0.2, 0) is 7.05 Å². The van der Waals surface area contributed by atoms with Gasteiger partial charge in [-0.1, -0.05) is 0 Å². The largest absolute Gasteiger partial charge is 0.395 e. The molecular formula is C10H19N5O. The number of likely N-dealkylation sites (tertiary alicyclic amines) is 1. The molecule has 0 aromatic carbocycles. The predicted molar refractivity (Wildman–Crippen MR) is 58.6 cm³/mol. The van der Waals surface area contributed by atoms with Crippen LogP contribution in [-0.4, -0.2) is 48.9 Å². The van der Waals surface area contributed by atoms with Crippen molar-refractivity contribution >= 4 is 0 Å². The van der Waals surface area contributed by atoms with Gasteiger partial charge in [-0.2, -0.15) is 0 Å². The summed E-state index contributed by atoms with van der Waals surface area (Å²) < 4.78 is 1.72. The van der Waals surface area contributed by atoms with Gasteiger partial charge < -0.3 is 5.11 Å². The lowest BCUT2D eigenvalue weighted by atomic mass is 10.2. The summed E-state index contributed by atoms with van der Waals surface area (Å²) in [5.41, 5.74) is 0. The molecule has 2 rings (SSSR count). The molecule has 2 heterocycles. The van der Waals surface area contributed by atoms with Crippen molar-refractivity contribution in [2.24, 2.45) is 7.05 Å². The lowest BCUT2D eigenvalue weighted by molar-refractivity contribution is 0.0947. The Labute approximate surface area is 95.2 Å². The summed E-state index contributed by atoms with van der Waals surface area (Å²) in [4.78, 5) is 2.31. The quantitative estimate of drug-likeness (QED) is 0.791. The zero-order valence-electron chi connectivity index (χ0n) is 10.0. The number of hydrogen-bond acceptors (Lipinski definition) is 5. The van der Waals surface area contributed by atoms with E-state index < -0.39 is 0 Å². The number of rotatable bonds is 3. The molecule has 90 valence electrons. The molecule has 0 aliphatic carbocycles. The highest BCUT2D eigenvalue weighted by Crippen LogP contribution is 2.36. The molecule has 1 aromatic rings. The van der Waals surface area contributed by atoms with Crippen LogP contribution in [0, 0.1) is 0 Å². The van der Waals surface area contributed by atoms with Gasteiger partial charge in [0.15, 0.2) is 5.82 Å². The normalized spacial score (nSPS) is 26.8. The van der Waals surface area contributed by atoms with Crippen LogP contribution in [0.3, 0.4) is 0 Å². The smallest absolute Gasteiger partial charge is 0.168 e. The fraction of sp³-hybridized carbons (Fsp3) is 0.900. The minimum Gasteiger partial charge on any atom is -0.395 e. The van der Waals surface area contributed by atoms with Gasteiger partial charge in [-0.3, -0.25) is 4.90 Å². The van der Waals surface area contributed by atoms with E-state index in [1.807, 2.05) is 7.05 Å². The number of tetrazole rings is 1. The van der Waals surface area contributed by atoms with E-state index in [1.54, 1.807) is 4.68 Å². The van der Waals surface area contributed by atoms with Gasteiger partial charge >= 0.3 is 0 Å². The molecule has 1 aliphatic rings. The second-order valence-electron chi connectivity index (χ2n) is 4.63. The Kier molecular flexibility index (Phi) is 3.20. The molecule has 1 saturated heterocycles. The average Bonchev–Trinajstić information content (AvgIpc) is 2.82. The zero-order valence-corrected chi connectivity index (χ0v) is 10.0. The van der Waals surface area contributed by atoms with Gasteiger partial charge in [-0.15, -0.1) is 5.10 Å². The SMILES string of the molecule is CC(C)N1[C@H](CO)CC[C@H]1c1nnnn1C. The van der Waals surface area contributed by atoms with Crippen LogP contribution in [0.5, 0.6) is 0 Å². The van der Waals surface area contributed by atoms with Crippen LogP contribution in [0.15, 0.2) is 0 Å². The second-order valence-corrected chi connectivity index (χ2v) is 4.63. The molecule has 0 radical (unpaired) electrons. The van der Waals surface area contributed by atoms with Crippen molar-refractivity contribution in [1.82, 2.24) is 25.1 Å². The molecule has 0 unspecified atom stereocenters. The number of aliphatic hydroxyl groups is 1. The first-order valence-electron chi connectivity index (χ1n) is 5.75. The summed E-state index contributed by atoms with van der Waals surface area (Å²) >= 11 is 0. The molecule has 6 nitrogen and oxygen atoms in total. The van der Waals surface area contributed by atoms with Crippen molar-refractivity contribution < 1.29 is 5.11 Å². The Morgan fingerprint density at radius 1 is 1.44 bits per heavy atom. The Balaban J connectivity index is 2.25. The van der Waals surface area contributed by atoms with Crippen molar-refractivity contribution in [3.63, 3.8) is 0 Å². The van der Waals surface area contributed by atoms with Crippen molar-refractivity contribution in [2.45, 2.75) is 44.8 Å². The Morgan fingerprint density at radius 2 is 2.19 bits per heavy atom. The third-order valence-electron chi connectivity index (χ3n) is 3.31. The summed E-state index contributed by atoms with van der Waals surface area (Å²) in [7, 11) is 1.86. The molecule has 1 aliphatic heterocycles. The molecule has 6 heteroatoms. The number of aromatic nitrogens is 4. The van der Waals surface area contributed by atoms with E-state index in [2.05, 4.69) is 34.3 Å². The molecule has 0 spiro atoms. The monoisotopic (exact) mass is 225 g/mol. The number of aryl methyl sites for hydroxylation is 1. The minimum absolute atomic E-state index is 0.208. The fourth-order valence-electron chi connectivity index (χ4n) is 2.65. The summed E-state index contributed by atoms with van der Waals surface area (Å²) in [6, 6.07) is 0.861. The maximum Gasteiger partial charge on any atom is 0.168 e. The predicted octanol–water partition coefficient (Wildman–Crippen LogP) is 0.116. The summed E-state index contributed by atoms with van der Waals surface area (Å²) in [6.45, 7) is 4.50. The lowest BCUT2D eigenvalue weighted by Gasteiger charge is -2.31. The summed E-state index contributed by atoms with van der Waals surface area (Å²) in [5.74, 6) is 0.893. The number of nitrogens with zero attached hydrogens (tertiary/aromatic N) is 5. The van der Waals surface area contributed by atoms with Crippen molar-refractivity contribution in [3.05, 3.63) is 5.82 Å². The first-order valence-corrected chi connectivity index (χ1v) is 5.75. The van der Waals surface area contributed by atoms with E-state index in [9.17, 15) is 5.11 Å². The van der Waals surface area contributed by atoms with Crippen LogP contribution in [0.25, 0.3) is 0 Å². The van der Waals surface area contributed by atoms with Crippen LogP contribution >= 0.6 is 0 Å². The molecule has 1 aromatic heterocycles.